The highest BCUT2D eigenvalue weighted by molar-refractivity contribution is 6.09. The molecule has 0 atom stereocenters. The van der Waals surface area contributed by atoms with Crippen LogP contribution in [0.2, 0.25) is 0 Å². The summed E-state index contributed by atoms with van der Waals surface area (Å²) in [5.41, 5.74) is 1.41. The lowest BCUT2D eigenvalue weighted by atomic mass is 9.98. The standard InChI is InChI=1S/C24H21F3N2O2/c1-2-14-28-22(30)17-6-5-7-19(15-17)29-23(31)21-9-4-3-8-20(21)16-10-12-18(13-11-16)24(25,26)27/h3-13,15H,2,14H2,1H3,(H,28,30)(H,29,31). The minimum atomic E-state index is -4.43. The van der Waals surface area contributed by atoms with Gasteiger partial charge in [-0.1, -0.05) is 43.3 Å². The van der Waals surface area contributed by atoms with E-state index in [4.69, 9.17) is 0 Å². The second-order valence-corrected chi connectivity index (χ2v) is 6.91. The quantitative estimate of drug-likeness (QED) is 0.526. The van der Waals surface area contributed by atoms with E-state index in [0.29, 0.717) is 34.5 Å². The highest BCUT2D eigenvalue weighted by atomic mass is 19.4. The van der Waals surface area contributed by atoms with Crippen LogP contribution in [0.1, 0.15) is 39.6 Å². The molecule has 3 aromatic carbocycles. The molecule has 7 heteroatoms. The van der Waals surface area contributed by atoms with Gasteiger partial charge in [0.15, 0.2) is 0 Å². The van der Waals surface area contributed by atoms with Crippen LogP contribution in [0.4, 0.5) is 18.9 Å². The molecule has 31 heavy (non-hydrogen) atoms. The first-order valence-electron chi connectivity index (χ1n) is 9.76. The van der Waals surface area contributed by atoms with E-state index >= 15 is 0 Å². The molecule has 3 aromatic rings. The van der Waals surface area contributed by atoms with Gasteiger partial charge in [-0.2, -0.15) is 13.2 Å². The molecule has 2 N–H and O–H groups in total. The summed E-state index contributed by atoms with van der Waals surface area (Å²) in [6.07, 6.45) is -3.62. The number of benzene rings is 3. The van der Waals surface area contributed by atoms with E-state index in [2.05, 4.69) is 10.6 Å². The monoisotopic (exact) mass is 426 g/mol. The Bertz CT molecular complexity index is 1080. The van der Waals surface area contributed by atoms with Gasteiger partial charge in [-0.3, -0.25) is 9.59 Å². The number of hydrogen-bond acceptors (Lipinski definition) is 2. The lowest BCUT2D eigenvalue weighted by molar-refractivity contribution is -0.137. The highest BCUT2D eigenvalue weighted by Crippen LogP contribution is 2.32. The Morgan fingerprint density at radius 3 is 2.26 bits per heavy atom. The number of rotatable bonds is 6. The van der Waals surface area contributed by atoms with Crippen LogP contribution in [0.3, 0.4) is 0 Å². The first-order chi connectivity index (χ1) is 14.8. The minimum Gasteiger partial charge on any atom is -0.352 e. The van der Waals surface area contributed by atoms with E-state index in [-0.39, 0.29) is 5.91 Å². The van der Waals surface area contributed by atoms with Gasteiger partial charge in [-0.25, -0.2) is 0 Å². The average Bonchev–Trinajstić information content (AvgIpc) is 2.77. The van der Waals surface area contributed by atoms with Crippen LogP contribution in [0.25, 0.3) is 11.1 Å². The number of nitrogens with one attached hydrogen (secondary N) is 2. The summed E-state index contributed by atoms with van der Waals surface area (Å²) >= 11 is 0. The molecule has 0 aliphatic carbocycles. The third-order valence-electron chi connectivity index (χ3n) is 4.61. The Kier molecular flexibility index (Phi) is 6.74. The third kappa shape index (κ3) is 5.51. The summed E-state index contributed by atoms with van der Waals surface area (Å²) in [6, 6.07) is 17.9. The molecular formula is C24H21F3N2O2. The second-order valence-electron chi connectivity index (χ2n) is 6.91. The molecule has 0 aliphatic rings. The van der Waals surface area contributed by atoms with Gasteiger partial charge in [-0.05, 0) is 53.9 Å². The van der Waals surface area contributed by atoms with Crippen LogP contribution in [0, 0.1) is 0 Å². The van der Waals surface area contributed by atoms with Crippen molar-refractivity contribution in [2.75, 3.05) is 11.9 Å². The zero-order valence-corrected chi connectivity index (χ0v) is 16.8. The summed E-state index contributed by atoms with van der Waals surface area (Å²) in [7, 11) is 0. The molecule has 0 aliphatic heterocycles. The van der Waals surface area contributed by atoms with Crippen molar-refractivity contribution < 1.29 is 22.8 Å². The van der Waals surface area contributed by atoms with Crippen LogP contribution in [-0.2, 0) is 6.18 Å². The Labute approximate surface area is 178 Å². The van der Waals surface area contributed by atoms with E-state index in [1.54, 1.807) is 48.5 Å². The molecule has 0 saturated heterocycles. The van der Waals surface area contributed by atoms with Crippen molar-refractivity contribution in [2.24, 2.45) is 0 Å². The molecule has 160 valence electrons. The van der Waals surface area contributed by atoms with Gasteiger partial charge in [0.25, 0.3) is 11.8 Å². The lowest BCUT2D eigenvalue weighted by Gasteiger charge is -2.12. The molecule has 0 saturated carbocycles. The Morgan fingerprint density at radius 2 is 1.58 bits per heavy atom. The topological polar surface area (TPSA) is 58.2 Å². The van der Waals surface area contributed by atoms with Gasteiger partial charge in [0, 0.05) is 23.4 Å². The van der Waals surface area contributed by atoms with E-state index in [0.717, 1.165) is 18.6 Å². The molecule has 0 unspecified atom stereocenters. The third-order valence-corrected chi connectivity index (χ3v) is 4.61. The van der Waals surface area contributed by atoms with E-state index < -0.39 is 17.6 Å². The van der Waals surface area contributed by atoms with Crippen molar-refractivity contribution in [3.63, 3.8) is 0 Å². The van der Waals surface area contributed by atoms with Crippen LogP contribution in [0.15, 0.2) is 72.8 Å². The number of carbonyl (C=O) groups excluding carboxylic acids is 2. The molecule has 0 bridgehead atoms. The molecule has 0 aromatic heterocycles. The van der Waals surface area contributed by atoms with Gasteiger partial charge in [-0.15, -0.1) is 0 Å². The number of hydrogen-bond donors (Lipinski definition) is 2. The Hall–Kier alpha value is -3.61. The maximum atomic E-state index is 12.9. The van der Waals surface area contributed by atoms with Crippen molar-refractivity contribution in [2.45, 2.75) is 19.5 Å². The van der Waals surface area contributed by atoms with Crippen LogP contribution < -0.4 is 10.6 Å². The molecule has 3 rings (SSSR count). The summed E-state index contributed by atoms with van der Waals surface area (Å²) in [5, 5.41) is 5.53. The van der Waals surface area contributed by atoms with Gasteiger partial charge < -0.3 is 10.6 Å². The number of carbonyl (C=O) groups is 2. The molecule has 0 fully saturated rings. The van der Waals surface area contributed by atoms with Crippen molar-refractivity contribution in [3.8, 4) is 11.1 Å². The molecular weight excluding hydrogens is 405 g/mol. The van der Waals surface area contributed by atoms with Crippen molar-refractivity contribution in [3.05, 3.63) is 89.5 Å². The fourth-order valence-electron chi connectivity index (χ4n) is 3.05. The van der Waals surface area contributed by atoms with E-state index in [9.17, 15) is 22.8 Å². The number of amides is 2. The Morgan fingerprint density at radius 1 is 0.871 bits per heavy atom. The van der Waals surface area contributed by atoms with Gasteiger partial charge in [0.1, 0.15) is 0 Å². The number of halogens is 3. The fourth-order valence-corrected chi connectivity index (χ4v) is 3.05. The predicted molar refractivity (Wildman–Crippen MR) is 114 cm³/mol. The maximum absolute atomic E-state index is 12.9. The zero-order chi connectivity index (χ0) is 22.4. The largest absolute Gasteiger partial charge is 0.416 e. The van der Waals surface area contributed by atoms with Gasteiger partial charge in [0.05, 0.1) is 5.56 Å². The molecule has 4 nitrogen and oxygen atoms in total. The fraction of sp³-hybridized carbons (Fsp3) is 0.167. The average molecular weight is 426 g/mol. The van der Waals surface area contributed by atoms with E-state index in [1.807, 2.05) is 6.92 Å². The van der Waals surface area contributed by atoms with Crippen molar-refractivity contribution in [1.29, 1.82) is 0 Å². The van der Waals surface area contributed by atoms with Crippen LogP contribution in [0.5, 0.6) is 0 Å². The summed E-state index contributed by atoms with van der Waals surface area (Å²) in [5.74, 6) is -0.662. The maximum Gasteiger partial charge on any atom is 0.416 e. The van der Waals surface area contributed by atoms with Crippen LogP contribution >= 0.6 is 0 Å². The van der Waals surface area contributed by atoms with E-state index in [1.165, 1.54) is 12.1 Å². The van der Waals surface area contributed by atoms with Crippen molar-refractivity contribution >= 4 is 17.5 Å². The number of anilines is 1. The number of alkyl halides is 3. The Balaban J connectivity index is 1.83. The molecule has 0 spiro atoms. The normalized spacial score (nSPS) is 11.1. The molecule has 0 radical (unpaired) electrons. The highest BCUT2D eigenvalue weighted by Gasteiger charge is 2.30. The van der Waals surface area contributed by atoms with Gasteiger partial charge in [0.2, 0.25) is 0 Å². The summed E-state index contributed by atoms with van der Waals surface area (Å²) in [4.78, 5) is 25.0. The lowest BCUT2D eigenvalue weighted by Crippen LogP contribution is -2.24. The predicted octanol–water partition coefficient (Wildman–Crippen LogP) is 5.76. The second kappa shape index (κ2) is 9.47. The van der Waals surface area contributed by atoms with Crippen molar-refractivity contribution in [1.82, 2.24) is 5.32 Å². The first kappa shape index (κ1) is 22.1. The molecule has 0 heterocycles. The summed E-state index contributed by atoms with van der Waals surface area (Å²) < 4.78 is 38.5. The molecule has 2 amide bonds. The summed E-state index contributed by atoms with van der Waals surface area (Å²) in [6.45, 7) is 2.50. The SMILES string of the molecule is CCCNC(=O)c1cccc(NC(=O)c2ccccc2-c2ccc(C(F)(F)F)cc2)c1. The van der Waals surface area contributed by atoms with Crippen LogP contribution in [-0.4, -0.2) is 18.4 Å². The zero-order valence-electron chi connectivity index (χ0n) is 16.8. The van der Waals surface area contributed by atoms with Gasteiger partial charge >= 0.3 is 6.18 Å². The minimum absolute atomic E-state index is 0.233. The smallest absolute Gasteiger partial charge is 0.352 e. The first-order valence-corrected chi connectivity index (χ1v) is 9.76.